The third-order valence-corrected chi connectivity index (χ3v) is 4.88. The van der Waals surface area contributed by atoms with Gasteiger partial charge in [0.15, 0.2) is 0 Å². The number of nitrogen functional groups attached to an aromatic ring is 1. The zero-order valence-electron chi connectivity index (χ0n) is 15.7. The fourth-order valence-corrected chi connectivity index (χ4v) is 3.49. The molecule has 0 bridgehead atoms. The first-order chi connectivity index (χ1) is 14.7. The van der Waals surface area contributed by atoms with Crippen molar-refractivity contribution in [3.05, 3.63) is 69.2 Å². The summed E-state index contributed by atoms with van der Waals surface area (Å²) in [6, 6.07) is 6.77. The molecular weight excluding hydrogens is 487 g/mol. The Bertz CT molecular complexity index is 1070. The summed E-state index contributed by atoms with van der Waals surface area (Å²) in [6.45, 7) is -1.57. The summed E-state index contributed by atoms with van der Waals surface area (Å²) in [5, 5.41) is 1.58. The molecule has 13 heteroatoms. The van der Waals surface area contributed by atoms with Crippen LogP contribution in [-0.2, 0) is 10.4 Å². The summed E-state index contributed by atoms with van der Waals surface area (Å²) >= 11 is 11.7. The summed E-state index contributed by atoms with van der Waals surface area (Å²) in [5.41, 5.74) is 4.01. The highest BCUT2D eigenvalue weighted by atomic mass is 35.5. The molecule has 2 aromatic rings. The van der Waals surface area contributed by atoms with Gasteiger partial charge in [-0.3, -0.25) is 15.1 Å². The van der Waals surface area contributed by atoms with Crippen molar-refractivity contribution in [2.45, 2.75) is 18.0 Å². The number of amides is 1. The molecule has 1 unspecified atom stereocenters. The maximum atomic E-state index is 14.0. The molecule has 1 aliphatic heterocycles. The molecule has 0 saturated heterocycles. The first kappa shape index (κ1) is 24.0. The standard InChI is InChI=1S/C19H13Cl2F6N3O2/c20-11-4-10(5-12(21)6-11)17(19(25,26)27)7-15(30-32-17)9-1-2-13(14(28)3-9)16(31)29-8-18(22,23)24/h1-7,30H,8,28H2,(H,29,31). The lowest BCUT2D eigenvalue weighted by atomic mass is 9.91. The van der Waals surface area contributed by atoms with E-state index in [1.807, 2.05) is 0 Å². The molecule has 1 aliphatic rings. The molecule has 0 fully saturated rings. The van der Waals surface area contributed by atoms with Gasteiger partial charge in [-0.1, -0.05) is 29.3 Å². The predicted octanol–water partition coefficient (Wildman–Crippen LogP) is 5.20. The van der Waals surface area contributed by atoms with Gasteiger partial charge in [0, 0.05) is 26.9 Å². The Balaban J connectivity index is 1.96. The van der Waals surface area contributed by atoms with Crippen molar-refractivity contribution in [2.75, 3.05) is 12.3 Å². The highest BCUT2D eigenvalue weighted by molar-refractivity contribution is 6.34. The average Bonchev–Trinajstić information content (AvgIpc) is 3.11. The second kappa shape index (κ2) is 8.38. The van der Waals surface area contributed by atoms with Gasteiger partial charge < -0.3 is 11.1 Å². The summed E-state index contributed by atoms with van der Waals surface area (Å²) in [7, 11) is 0. The number of hydrogen-bond acceptors (Lipinski definition) is 4. The van der Waals surface area contributed by atoms with Crippen molar-refractivity contribution in [3.63, 3.8) is 0 Å². The van der Waals surface area contributed by atoms with E-state index in [4.69, 9.17) is 33.8 Å². The minimum atomic E-state index is -4.93. The molecule has 1 amide bonds. The van der Waals surface area contributed by atoms with Gasteiger partial charge in [0.1, 0.15) is 6.54 Å². The highest BCUT2D eigenvalue weighted by Gasteiger charge is 2.59. The molecule has 4 N–H and O–H groups in total. The van der Waals surface area contributed by atoms with Gasteiger partial charge in [-0.25, -0.2) is 0 Å². The third kappa shape index (κ3) is 4.89. The number of nitrogens with two attached hydrogens (primary N) is 1. The number of benzene rings is 2. The Morgan fingerprint density at radius 1 is 1.06 bits per heavy atom. The maximum Gasteiger partial charge on any atom is 0.428 e. The quantitative estimate of drug-likeness (QED) is 0.399. The van der Waals surface area contributed by atoms with Crippen LogP contribution in [-0.4, -0.2) is 24.8 Å². The smallest absolute Gasteiger partial charge is 0.398 e. The lowest BCUT2D eigenvalue weighted by molar-refractivity contribution is -0.269. The van der Waals surface area contributed by atoms with Crippen molar-refractivity contribution in [1.29, 1.82) is 0 Å². The van der Waals surface area contributed by atoms with Crippen LogP contribution < -0.4 is 16.5 Å². The zero-order chi connectivity index (χ0) is 23.9. The number of hydrogen-bond donors (Lipinski definition) is 3. The van der Waals surface area contributed by atoms with Crippen LogP contribution in [0, 0.1) is 0 Å². The normalized spacial score (nSPS) is 18.8. The van der Waals surface area contributed by atoms with Crippen molar-refractivity contribution < 1.29 is 36.0 Å². The molecular formula is C19H13Cl2F6N3O2. The average molecular weight is 500 g/mol. The first-order valence-corrected chi connectivity index (χ1v) is 9.42. The van der Waals surface area contributed by atoms with Gasteiger partial charge in [-0.2, -0.15) is 26.3 Å². The Morgan fingerprint density at radius 2 is 1.69 bits per heavy atom. The fraction of sp³-hybridized carbons (Fsp3) is 0.211. The van der Waals surface area contributed by atoms with Gasteiger partial charge in [0.25, 0.3) is 5.91 Å². The molecule has 0 spiro atoms. The van der Waals surface area contributed by atoms with E-state index in [1.54, 1.807) is 5.32 Å². The number of alkyl halides is 6. The van der Waals surface area contributed by atoms with E-state index >= 15 is 0 Å². The van der Waals surface area contributed by atoms with Gasteiger partial charge in [0.05, 0.1) is 11.3 Å². The minimum Gasteiger partial charge on any atom is -0.398 e. The largest absolute Gasteiger partial charge is 0.428 e. The van der Waals surface area contributed by atoms with Crippen LogP contribution in [0.5, 0.6) is 0 Å². The molecule has 5 nitrogen and oxygen atoms in total. The summed E-state index contributed by atoms with van der Waals surface area (Å²) in [4.78, 5) is 16.8. The van der Waals surface area contributed by atoms with Crippen molar-refractivity contribution in [2.24, 2.45) is 0 Å². The number of hydroxylamine groups is 1. The Kier molecular flexibility index (Phi) is 6.29. The molecule has 3 rings (SSSR count). The van der Waals surface area contributed by atoms with Crippen LogP contribution >= 0.6 is 23.2 Å². The van der Waals surface area contributed by atoms with Crippen LogP contribution in [0.3, 0.4) is 0 Å². The van der Waals surface area contributed by atoms with Crippen LogP contribution in [0.15, 0.2) is 42.5 Å². The molecule has 0 aromatic heterocycles. The second-order valence-corrected chi connectivity index (χ2v) is 7.63. The number of nitrogens with one attached hydrogen (secondary N) is 2. The summed E-state index contributed by atoms with van der Waals surface area (Å²) in [6.07, 6.45) is -8.81. The number of carbonyl (C=O) groups excluding carboxylic acids is 1. The van der Waals surface area contributed by atoms with Crippen LogP contribution in [0.4, 0.5) is 32.0 Å². The summed E-state index contributed by atoms with van der Waals surface area (Å²) < 4.78 is 78.9. The van der Waals surface area contributed by atoms with Crippen LogP contribution in [0.25, 0.3) is 5.70 Å². The van der Waals surface area contributed by atoms with E-state index in [9.17, 15) is 31.1 Å². The number of anilines is 1. The van der Waals surface area contributed by atoms with Crippen molar-refractivity contribution in [1.82, 2.24) is 10.8 Å². The second-order valence-electron chi connectivity index (χ2n) is 6.75. The lowest BCUT2D eigenvalue weighted by Crippen LogP contribution is -2.42. The highest BCUT2D eigenvalue weighted by Crippen LogP contribution is 2.48. The molecule has 0 radical (unpaired) electrons. The van der Waals surface area contributed by atoms with E-state index in [0.29, 0.717) is 0 Å². The van der Waals surface area contributed by atoms with Crippen LogP contribution in [0.2, 0.25) is 10.0 Å². The maximum absolute atomic E-state index is 14.0. The molecule has 2 aromatic carbocycles. The molecule has 0 aliphatic carbocycles. The first-order valence-electron chi connectivity index (χ1n) is 8.67. The Labute approximate surface area is 187 Å². The fourth-order valence-electron chi connectivity index (χ4n) is 2.97. The van der Waals surface area contributed by atoms with E-state index in [2.05, 4.69) is 5.48 Å². The molecule has 172 valence electrons. The SMILES string of the molecule is Nc1cc(C2=CC(c3cc(Cl)cc(Cl)c3)(C(F)(F)F)ON2)ccc1C(=O)NCC(F)(F)F. The van der Waals surface area contributed by atoms with E-state index in [0.717, 1.165) is 30.3 Å². The molecule has 1 atom stereocenters. The third-order valence-electron chi connectivity index (χ3n) is 4.44. The van der Waals surface area contributed by atoms with E-state index in [-0.39, 0.29) is 38.1 Å². The van der Waals surface area contributed by atoms with Gasteiger partial charge >= 0.3 is 12.4 Å². The topological polar surface area (TPSA) is 76.4 Å². The van der Waals surface area contributed by atoms with Gasteiger partial charge in [-0.15, -0.1) is 0 Å². The minimum absolute atomic E-state index is 0.0416. The molecule has 32 heavy (non-hydrogen) atoms. The van der Waals surface area contributed by atoms with Gasteiger partial charge in [0.2, 0.25) is 5.60 Å². The van der Waals surface area contributed by atoms with Gasteiger partial charge in [-0.05, 0) is 36.4 Å². The Morgan fingerprint density at radius 3 is 2.22 bits per heavy atom. The summed E-state index contributed by atoms with van der Waals surface area (Å²) in [5.74, 6) is -1.09. The number of carbonyl (C=O) groups is 1. The Hall–Kier alpha value is -2.63. The zero-order valence-corrected chi connectivity index (χ0v) is 17.2. The number of rotatable bonds is 4. The monoisotopic (exact) mass is 499 g/mol. The van der Waals surface area contributed by atoms with E-state index in [1.165, 1.54) is 12.1 Å². The molecule has 0 saturated carbocycles. The van der Waals surface area contributed by atoms with Crippen molar-refractivity contribution >= 4 is 40.5 Å². The van der Waals surface area contributed by atoms with Crippen LogP contribution in [0.1, 0.15) is 21.5 Å². The van der Waals surface area contributed by atoms with Crippen molar-refractivity contribution in [3.8, 4) is 0 Å². The number of halogens is 8. The van der Waals surface area contributed by atoms with E-state index < -0.39 is 30.4 Å². The lowest BCUT2D eigenvalue weighted by Gasteiger charge is -2.28. The molecule has 1 heterocycles. The predicted molar refractivity (Wildman–Crippen MR) is 106 cm³/mol.